The maximum Gasteiger partial charge on any atom is 0.149 e. The van der Waals surface area contributed by atoms with Crippen molar-refractivity contribution < 1.29 is 0 Å². The van der Waals surface area contributed by atoms with E-state index in [0.717, 1.165) is 5.82 Å². The molecule has 5 N–H and O–H groups in total. The van der Waals surface area contributed by atoms with Crippen molar-refractivity contribution in [1.29, 1.82) is 0 Å². The molecular formula is C9H14N4. The third kappa shape index (κ3) is 1.66. The van der Waals surface area contributed by atoms with Gasteiger partial charge >= 0.3 is 0 Å². The lowest BCUT2D eigenvalue weighted by Gasteiger charge is -2.12. The Bertz CT molecular complexity index is 330. The first-order chi connectivity index (χ1) is 6.09. The Morgan fingerprint density at radius 3 is 2.62 bits per heavy atom. The molecule has 13 heavy (non-hydrogen) atoms. The number of aromatic nitrogens is 1. The lowest BCUT2D eigenvalue weighted by molar-refractivity contribution is 0.822. The molecule has 1 saturated carbocycles. The normalized spacial score (nSPS) is 18.2. The summed E-state index contributed by atoms with van der Waals surface area (Å²) in [6.07, 6.45) is 2.39. The van der Waals surface area contributed by atoms with Crippen molar-refractivity contribution in [2.24, 2.45) is 0 Å². The molecule has 0 atom stereocenters. The molecule has 1 aromatic rings. The fourth-order valence-electron chi connectivity index (χ4n) is 1.18. The zero-order chi connectivity index (χ0) is 9.47. The summed E-state index contributed by atoms with van der Waals surface area (Å²) in [5.74, 6) is 1.21. The Balaban J connectivity index is 2.17. The number of anilines is 3. The van der Waals surface area contributed by atoms with Crippen LogP contribution in [0.2, 0.25) is 0 Å². The van der Waals surface area contributed by atoms with Gasteiger partial charge in [-0.15, -0.1) is 0 Å². The molecule has 0 unspecified atom stereocenters. The first kappa shape index (κ1) is 8.16. The molecule has 1 aliphatic carbocycles. The Hall–Kier alpha value is -1.45. The zero-order valence-corrected chi connectivity index (χ0v) is 7.67. The van der Waals surface area contributed by atoms with Crippen LogP contribution in [0.1, 0.15) is 19.8 Å². The summed E-state index contributed by atoms with van der Waals surface area (Å²) >= 11 is 0. The number of hydrogen-bond acceptors (Lipinski definition) is 4. The average Bonchev–Trinajstić information content (AvgIpc) is 2.76. The quantitative estimate of drug-likeness (QED) is 0.636. The van der Waals surface area contributed by atoms with Crippen LogP contribution in [-0.2, 0) is 0 Å². The van der Waals surface area contributed by atoms with Gasteiger partial charge in [-0.3, -0.25) is 0 Å². The van der Waals surface area contributed by atoms with E-state index in [1.165, 1.54) is 12.8 Å². The van der Waals surface area contributed by atoms with Crippen LogP contribution in [0.4, 0.5) is 17.3 Å². The summed E-state index contributed by atoms with van der Waals surface area (Å²) in [6.45, 7) is 2.17. The second-order valence-corrected chi connectivity index (χ2v) is 3.86. The summed E-state index contributed by atoms with van der Waals surface area (Å²) in [7, 11) is 0. The number of rotatable bonds is 2. The summed E-state index contributed by atoms with van der Waals surface area (Å²) in [5.41, 5.74) is 11.9. The molecule has 0 amide bonds. The van der Waals surface area contributed by atoms with Gasteiger partial charge in [-0.1, -0.05) is 0 Å². The van der Waals surface area contributed by atoms with E-state index in [0.29, 0.717) is 11.5 Å². The minimum absolute atomic E-state index is 0.232. The van der Waals surface area contributed by atoms with Crippen LogP contribution in [0.5, 0.6) is 0 Å². The van der Waals surface area contributed by atoms with Crippen LogP contribution in [-0.4, -0.2) is 10.5 Å². The van der Waals surface area contributed by atoms with E-state index in [9.17, 15) is 0 Å². The Morgan fingerprint density at radius 2 is 2.08 bits per heavy atom. The molecule has 70 valence electrons. The Labute approximate surface area is 77.3 Å². The van der Waals surface area contributed by atoms with E-state index in [-0.39, 0.29) is 5.54 Å². The maximum absolute atomic E-state index is 5.58. The minimum Gasteiger partial charge on any atom is -0.396 e. The fourth-order valence-corrected chi connectivity index (χ4v) is 1.18. The van der Waals surface area contributed by atoms with Crippen LogP contribution in [0.15, 0.2) is 12.1 Å². The van der Waals surface area contributed by atoms with E-state index >= 15 is 0 Å². The van der Waals surface area contributed by atoms with Gasteiger partial charge in [-0.05, 0) is 31.9 Å². The van der Waals surface area contributed by atoms with E-state index in [2.05, 4.69) is 17.2 Å². The molecule has 4 heteroatoms. The van der Waals surface area contributed by atoms with Crippen LogP contribution < -0.4 is 16.8 Å². The van der Waals surface area contributed by atoms with E-state index in [1.54, 1.807) is 6.07 Å². The molecule has 1 aliphatic rings. The first-order valence-corrected chi connectivity index (χ1v) is 4.39. The summed E-state index contributed by atoms with van der Waals surface area (Å²) < 4.78 is 0. The van der Waals surface area contributed by atoms with Crippen LogP contribution in [0, 0.1) is 0 Å². The van der Waals surface area contributed by atoms with E-state index < -0.39 is 0 Å². The number of nitrogens with one attached hydrogen (secondary N) is 1. The average molecular weight is 178 g/mol. The molecule has 4 nitrogen and oxygen atoms in total. The van der Waals surface area contributed by atoms with Gasteiger partial charge in [0.05, 0.1) is 5.69 Å². The molecule has 0 saturated heterocycles. The highest BCUT2D eigenvalue weighted by molar-refractivity contribution is 5.62. The molecule has 1 fully saturated rings. The summed E-state index contributed by atoms with van der Waals surface area (Å²) in [4.78, 5) is 4.14. The van der Waals surface area contributed by atoms with E-state index in [1.807, 2.05) is 6.07 Å². The largest absolute Gasteiger partial charge is 0.396 e. The van der Waals surface area contributed by atoms with Gasteiger partial charge in [-0.2, -0.15) is 0 Å². The monoisotopic (exact) mass is 178 g/mol. The molecule has 0 aliphatic heterocycles. The van der Waals surface area contributed by atoms with Crippen molar-refractivity contribution in [2.45, 2.75) is 25.3 Å². The van der Waals surface area contributed by atoms with E-state index in [4.69, 9.17) is 11.5 Å². The Morgan fingerprint density at radius 1 is 1.38 bits per heavy atom. The standard InChI is InChI=1S/C9H14N4/c1-9(4-5-9)13-7-3-2-6(10)8(11)12-7/h2-3H,4-5,10H2,1H3,(H3,11,12,13). The van der Waals surface area contributed by atoms with Gasteiger partial charge in [0.25, 0.3) is 0 Å². The third-order valence-corrected chi connectivity index (χ3v) is 2.39. The molecule has 1 aromatic heterocycles. The topological polar surface area (TPSA) is 77.0 Å². The van der Waals surface area contributed by atoms with Crippen LogP contribution in [0.3, 0.4) is 0 Å². The highest BCUT2D eigenvalue weighted by Gasteiger charge is 2.37. The minimum atomic E-state index is 0.232. The molecular weight excluding hydrogens is 164 g/mol. The molecule has 0 spiro atoms. The predicted octanol–water partition coefficient (Wildman–Crippen LogP) is 1.21. The summed E-state index contributed by atoms with van der Waals surface area (Å²) in [5, 5.41) is 3.31. The van der Waals surface area contributed by atoms with Gasteiger partial charge in [0, 0.05) is 5.54 Å². The number of nitrogen functional groups attached to an aromatic ring is 2. The number of pyridine rings is 1. The molecule has 0 bridgehead atoms. The van der Waals surface area contributed by atoms with Gasteiger partial charge < -0.3 is 16.8 Å². The molecule has 0 aromatic carbocycles. The predicted molar refractivity (Wildman–Crippen MR) is 54.3 cm³/mol. The lowest BCUT2D eigenvalue weighted by atomic mass is 10.3. The van der Waals surface area contributed by atoms with Crippen molar-refractivity contribution in [1.82, 2.24) is 4.98 Å². The van der Waals surface area contributed by atoms with Crippen molar-refractivity contribution in [2.75, 3.05) is 16.8 Å². The maximum atomic E-state index is 5.58. The second kappa shape index (κ2) is 2.52. The highest BCUT2D eigenvalue weighted by Crippen LogP contribution is 2.37. The third-order valence-electron chi connectivity index (χ3n) is 2.39. The zero-order valence-electron chi connectivity index (χ0n) is 7.67. The smallest absolute Gasteiger partial charge is 0.149 e. The van der Waals surface area contributed by atoms with Crippen molar-refractivity contribution in [3.05, 3.63) is 12.1 Å². The van der Waals surface area contributed by atoms with Gasteiger partial charge in [0.1, 0.15) is 11.6 Å². The Kier molecular flexibility index (Phi) is 1.58. The fraction of sp³-hybridized carbons (Fsp3) is 0.444. The number of nitrogens with zero attached hydrogens (tertiary/aromatic N) is 1. The van der Waals surface area contributed by atoms with Gasteiger partial charge in [0.15, 0.2) is 0 Å². The summed E-state index contributed by atoms with van der Waals surface area (Å²) in [6, 6.07) is 3.63. The number of hydrogen-bond donors (Lipinski definition) is 3. The highest BCUT2D eigenvalue weighted by atomic mass is 15.1. The SMILES string of the molecule is CC1(Nc2ccc(N)c(N)n2)CC1. The van der Waals surface area contributed by atoms with Crippen molar-refractivity contribution in [3.8, 4) is 0 Å². The molecule has 1 heterocycles. The molecule has 2 rings (SSSR count). The first-order valence-electron chi connectivity index (χ1n) is 4.39. The van der Waals surface area contributed by atoms with Crippen LogP contribution in [0.25, 0.3) is 0 Å². The van der Waals surface area contributed by atoms with Gasteiger partial charge in [-0.25, -0.2) is 4.98 Å². The van der Waals surface area contributed by atoms with Crippen molar-refractivity contribution in [3.63, 3.8) is 0 Å². The van der Waals surface area contributed by atoms with Gasteiger partial charge in [0.2, 0.25) is 0 Å². The molecule has 0 radical (unpaired) electrons. The van der Waals surface area contributed by atoms with Crippen LogP contribution >= 0.6 is 0 Å². The second-order valence-electron chi connectivity index (χ2n) is 3.86. The van der Waals surface area contributed by atoms with Crippen molar-refractivity contribution >= 4 is 17.3 Å². The number of nitrogens with two attached hydrogens (primary N) is 2. The lowest BCUT2D eigenvalue weighted by Crippen LogP contribution is -2.17.